The molecule has 0 aliphatic rings. The first kappa shape index (κ1) is 19.3. The van der Waals surface area contributed by atoms with E-state index in [9.17, 15) is 9.59 Å². The number of hydrogen-bond acceptors (Lipinski definition) is 2. The van der Waals surface area contributed by atoms with E-state index in [4.69, 9.17) is 0 Å². The monoisotopic (exact) mass is 374 g/mol. The van der Waals surface area contributed by atoms with Gasteiger partial charge in [-0.2, -0.15) is 4.57 Å². The van der Waals surface area contributed by atoms with Crippen LogP contribution in [-0.4, -0.2) is 18.4 Å². The molecule has 0 unspecified atom stereocenters. The zero-order valence-corrected chi connectivity index (χ0v) is 16.1. The summed E-state index contributed by atoms with van der Waals surface area (Å²) in [5, 5.41) is 5.51. The number of nitrogens with one attached hydrogen (secondary N) is 2. The summed E-state index contributed by atoms with van der Waals surface area (Å²) >= 11 is 0. The van der Waals surface area contributed by atoms with E-state index >= 15 is 0 Å². The molecule has 1 heterocycles. The van der Waals surface area contributed by atoms with Crippen LogP contribution in [0.2, 0.25) is 0 Å². The minimum atomic E-state index is -0.245. The number of hydrogen-bond donors (Lipinski definition) is 2. The Morgan fingerprint density at radius 3 is 2.39 bits per heavy atom. The molecule has 0 saturated carbocycles. The molecular formula is C23H24N3O2+. The molecule has 0 spiro atoms. The summed E-state index contributed by atoms with van der Waals surface area (Å²) in [6.07, 6.45) is 3.76. The van der Waals surface area contributed by atoms with Gasteiger partial charge in [0.1, 0.15) is 0 Å². The summed E-state index contributed by atoms with van der Waals surface area (Å²) in [4.78, 5) is 24.4. The predicted molar refractivity (Wildman–Crippen MR) is 110 cm³/mol. The number of anilines is 1. The van der Waals surface area contributed by atoms with Gasteiger partial charge in [-0.15, -0.1) is 0 Å². The SMILES string of the molecule is Cc1cccc(NC(=O)CNC(=O)C[n+]2cccc(-c3ccccc3)c2)c1C. The summed E-state index contributed by atoms with van der Waals surface area (Å²) in [5.74, 6) is -0.462. The Morgan fingerprint density at radius 2 is 1.61 bits per heavy atom. The van der Waals surface area contributed by atoms with Gasteiger partial charge in [0.25, 0.3) is 5.91 Å². The molecule has 0 saturated heterocycles. The maximum atomic E-state index is 12.2. The van der Waals surface area contributed by atoms with Crippen molar-refractivity contribution in [2.45, 2.75) is 20.4 Å². The fourth-order valence-corrected chi connectivity index (χ4v) is 2.90. The summed E-state index contributed by atoms with van der Waals surface area (Å²) in [6.45, 7) is 4.04. The lowest BCUT2D eigenvalue weighted by Crippen LogP contribution is -2.44. The van der Waals surface area contributed by atoms with E-state index < -0.39 is 0 Å². The minimum Gasteiger partial charge on any atom is -0.342 e. The standard InChI is InChI=1S/C23H23N3O2/c1-17-8-6-12-21(18(17)2)25-22(27)14-24-23(28)16-26-13-7-11-20(15-26)19-9-4-3-5-10-19/h3-13,15H,14,16H2,1-2H3,(H-,24,25,27,28)/p+1. The maximum absolute atomic E-state index is 12.2. The predicted octanol–water partition coefficient (Wildman–Crippen LogP) is 3.01. The zero-order chi connectivity index (χ0) is 19.9. The molecule has 0 bridgehead atoms. The van der Waals surface area contributed by atoms with Crippen molar-refractivity contribution in [1.82, 2.24) is 5.32 Å². The molecule has 3 aromatic rings. The molecule has 2 N–H and O–H groups in total. The number of carbonyl (C=O) groups is 2. The van der Waals surface area contributed by atoms with Crippen molar-refractivity contribution in [3.63, 3.8) is 0 Å². The van der Waals surface area contributed by atoms with E-state index in [-0.39, 0.29) is 24.9 Å². The van der Waals surface area contributed by atoms with Crippen molar-refractivity contribution < 1.29 is 14.2 Å². The van der Waals surface area contributed by atoms with Gasteiger partial charge in [0.2, 0.25) is 12.5 Å². The number of rotatable bonds is 6. The average molecular weight is 374 g/mol. The van der Waals surface area contributed by atoms with Gasteiger partial charge in [-0.1, -0.05) is 42.5 Å². The smallest absolute Gasteiger partial charge is 0.286 e. The Morgan fingerprint density at radius 1 is 0.857 bits per heavy atom. The number of amides is 2. The average Bonchev–Trinajstić information content (AvgIpc) is 2.71. The molecule has 28 heavy (non-hydrogen) atoms. The van der Waals surface area contributed by atoms with Crippen LogP contribution in [0.5, 0.6) is 0 Å². The Hall–Kier alpha value is -3.47. The van der Waals surface area contributed by atoms with Gasteiger partial charge in [-0.3, -0.25) is 9.59 Å². The fraction of sp³-hybridized carbons (Fsp3) is 0.174. The van der Waals surface area contributed by atoms with Crippen LogP contribution in [0.4, 0.5) is 5.69 Å². The number of benzene rings is 2. The van der Waals surface area contributed by atoms with Crippen molar-refractivity contribution in [3.05, 3.63) is 84.2 Å². The second-order valence-corrected chi connectivity index (χ2v) is 6.70. The third-order valence-electron chi connectivity index (χ3n) is 4.62. The van der Waals surface area contributed by atoms with Gasteiger partial charge in [0.05, 0.1) is 6.54 Å². The molecule has 0 atom stereocenters. The first-order chi connectivity index (χ1) is 13.5. The van der Waals surface area contributed by atoms with E-state index in [1.54, 1.807) is 4.57 Å². The highest BCUT2D eigenvalue weighted by atomic mass is 16.2. The summed E-state index contributed by atoms with van der Waals surface area (Å²) < 4.78 is 1.81. The number of carbonyl (C=O) groups excluding carboxylic acids is 2. The van der Waals surface area contributed by atoms with Gasteiger partial charge in [0, 0.05) is 17.3 Å². The second kappa shape index (κ2) is 8.95. The largest absolute Gasteiger partial charge is 0.342 e. The third-order valence-corrected chi connectivity index (χ3v) is 4.62. The molecule has 5 heteroatoms. The second-order valence-electron chi connectivity index (χ2n) is 6.70. The zero-order valence-electron chi connectivity index (χ0n) is 16.1. The minimum absolute atomic E-state index is 0.0643. The van der Waals surface area contributed by atoms with Crippen LogP contribution in [0.3, 0.4) is 0 Å². The molecule has 3 rings (SSSR count). The Kier molecular flexibility index (Phi) is 6.17. The number of nitrogens with zero attached hydrogens (tertiary/aromatic N) is 1. The Labute approximate surface area is 165 Å². The van der Waals surface area contributed by atoms with Crippen LogP contribution < -0.4 is 15.2 Å². The van der Waals surface area contributed by atoms with Crippen molar-refractivity contribution in [2.24, 2.45) is 0 Å². The van der Waals surface area contributed by atoms with Crippen LogP contribution in [-0.2, 0) is 16.1 Å². The highest BCUT2D eigenvalue weighted by molar-refractivity contribution is 5.95. The molecule has 5 nitrogen and oxygen atoms in total. The van der Waals surface area contributed by atoms with Crippen molar-refractivity contribution >= 4 is 17.5 Å². The molecule has 0 aliphatic heterocycles. The van der Waals surface area contributed by atoms with Crippen LogP contribution in [0.15, 0.2) is 73.1 Å². The molecule has 2 aromatic carbocycles. The number of aromatic nitrogens is 1. The lowest BCUT2D eigenvalue weighted by Gasteiger charge is -2.10. The van der Waals surface area contributed by atoms with Gasteiger partial charge < -0.3 is 10.6 Å². The van der Waals surface area contributed by atoms with Gasteiger partial charge in [-0.05, 0) is 42.7 Å². The van der Waals surface area contributed by atoms with Crippen LogP contribution in [0.25, 0.3) is 11.1 Å². The van der Waals surface area contributed by atoms with Gasteiger partial charge in [0.15, 0.2) is 12.4 Å². The highest BCUT2D eigenvalue weighted by Crippen LogP contribution is 2.17. The van der Waals surface area contributed by atoms with Crippen LogP contribution in [0.1, 0.15) is 11.1 Å². The molecule has 0 fully saturated rings. The molecular weight excluding hydrogens is 350 g/mol. The van der Waals surface area contributed by atoms with Crippen molar-refractivity contribution in [3.8, 4) is 11.1 Å². The highest BCUT2D eigenvalue weighted by Gasteiger charge is 2.13. The molecule has 2 amide bonds. The van der Waals surface area contributed by atoms with Gasteiger partial charge >= 0.3 is 0 Å². The Balaban J connectivity index is 1.54. The van der Waals surface area contributed by atoms with E-state index in [0.29, 0.717) is 0 Å². The molecule has 142 valence electrons. The van der Waals surface area contributed by atoms with E-state index in [1.165, 1.54) is 0 Å². The number of pyridine rings is 1. The quantitative estimate of drug-likeness (QED) is 0.652. The lowest BCUT2D eigenvalue weighted by molar-refractivity contribution is -0.684. The topological polar surface area (TPSA) is 62.1 Å². The summed E-state index contributed by atoms with van der Waals surface area (Å²) in [6, 6.07) is 19.6. The van der Waals surface area contributed by atoms with Crippen LogP contribution >= 0.6 is 0 Å². The lowest BCUT2D eigenvalue weighted by atomic mass is 10.1. The normalized spacial score (nSPS) is 10.4. The first-order valence-electron chi connectivity index (χ1n) is 9.20. The molecule has 1 aromatic heterocycles. The number of aryl methyl sites for hydroxylation is 1. The molecule has 0 aliphatic carbocycles. The summed E-state index contributed by atoms with van der Waals surface area (Å²) in [7, 11) is 0. The fourth-order valence-electron chi connectivity index (χ4n) is 2.90. The maximum Gasteiger partial charge on any atom is 0.286 e. The third kappa shape index (κ3) is 5.04. The van der Waals surface area contributed by atoms with Gasteiger partial charge in [-0.25, -0.2) is 0 Å². The van der Waals surface area contributed by atoms with Crippen molar-refractivity contribution in [1.29, 1.82) is 0 Å². The Bertz CT molecular complexity index is 984. The summed E-state index contributed by atoms with van der Waals surface area (Å²) in [5.41, 5.74) is 5.02. The molecule has 0 radical (unpaired) electrons. The van der Waals surface area contributed by atoms with E-state index in [2.05, 4.69) is 10.6 Å². The van der Waals surface area contributed by atoms with Crippen molar-refractivity contribution in [2.75, 3.05) is 11.9 Å². The van der Waals surface area contributed by atoms with Crippen LogP contribution in [0, 0.1) is 13.8 Å². The van der Waals surface area contributed by atoms with E-state index in [1.807, 2.05) is 86.9 Å². The van der Waals surface area contributed by atoms with E-state index in [0.717, 1.165) is 27.9 Å². The first-order valence-corrected chi connectivity index (χ1v) is 9.20.